The highest BCUT2D eigenvalue weighted by atomic mass is 16.5. The molecule has 1 aliphatic heterocycles. The van der Waals surface area contributed by atoms with Gasteiger partial charge in [0.1, 0.15) is 0 Å². The SMILES string of the molecule is Cc1ccc(N2CCCOCC2)cc1. The molecule has 1 saturated heterocycles. The largest absolute Gasteiger partial charge is 0.380 e. The number of rotatable bonds is 1. The molecular weight excluding hydrogens is 174 g/mol. The third-order valence-corrected chi connectivity index (χ3v) is 2.62. The summed E-state index contributed by atoms with van der Waals surface area (Å²) in [6, 6.07) is 8.73. The van der Waals surface area contributed by atoms with E-state index >= 15 is 0 Å². The molecule has 14 heavy (non-hydrogen) atoms. The van der Waals surface area contributed by atoms with E-state index in [-0.39, 0.29) is 0 Å². The van der Waals surface area contributed by atoms with Gasteiger partial charge in [0.2, 0.25) is 0 Å². The van der Waals surface area contributed by atoms with Crippen LogP contribution in [0.3, 0.4) is 0 Å². The summed E-state index contributed by atoms with van der Waals surface area (Å²) in [6.45, 7) is 6.01. The molecule has 0 radical (unpaired) electrons. The third-order valence-electron chi connectivity index (χ3n) is 2.62. The molecule has 1 fully saturated rings. The number of anilines is 1. The Morgan fingerprint density at radius 1 is 1.07 bits per heavy atom. The molecule has 0 amide bonds. The third kappa shape index (κ3) is 2.26. The van der Waals surface area contributed by atoms with Crippen LogP contribution in [-0.4, -0.2) is 26.3 Å². The average Bonchev–Trinajstić information content (AvgIpc) is 2.47. The van der Waals surface area contributed by atoms with Crippen molar-refractivity contribution in [3.05, 3.63) is 29.8 Å². The number of benzene rings is 1. The van der Waals surface area contributed by atoms with Gasteiger partial charge in [-0.25, -0.2) is 0 Å². The molecule has 0 saturated carbocycles. The van der Waals surface area contributed by atoms with Crippen LogP contribution in [-0.2, 0) is 4.74 Å². The molecule has 2 nitrogen and oxygen atoms in total. The summed E-state index contributed by atoms with van der Waals surface area (Å²) in [6.07, 6.45) is 1.13. The molecule has 0 unspecified atom stereocenters. The maximum Gasteiger partial charge on any atom is 0.0641 e. The van der Waals surface area contributed by atoms with Crippen molar-refractivity contribution in [2.45, 2.75) is 13.3 Å². The van der Waals surface area contributed by atoms with E-state index in [1.54, 1.807) is 0 Å². The molecular formula is C12H17NO. The lowest BCUT2D eigenvalue weighted by Gasteiger charge is -2.21. The average molecular weight is 191 g/mol. The zero-order valence-corrected chi connectivity index (χ0v) is 8.70. The zero-order chi connectivity index (χ0) is 9.80. The molecule has 1 aromatic carbocycles. The Bertz CT molecular complexity index is 273. The van der Waals surface area contributed by atoms with Crippen LogP contribution in [0.2, 0.25) is 0 Å². The van der Waals surface area contributed by atoms with E-state index in [4.69, 9.17) is 4.74 Å². The Kier molecular flexibility index (Phi) is 3.04. The number of hydrogen-bond donors (Lipinski definition) is 0. The fourth-order valence-corrected chi connectivity index (χ4v) is 1.76. The van der Waals surface area contributed by atoms with E-state index in [1.807, 2.05) is 0 Å². The summed E-state index contributed by atoms with van der Waals surface area (Å²) in [5.41, 5.74) is 2.64. The Labute approximate surface area is 85.5 Å². The van der Waals surface area contributed by atoms with Gasteiger partial charge in [-0.2, -0.15) is 0 Å². The molecule has 0 aromatic heterocycles. The highest BCUT2D eigenvalue weighted by Crippen LogP contribution is 2.16. The van der Waals surface area contributed by atoms with Crippen LogP contribution in [0.4, 0.5) is 5.69 Å². The van der Waals surface area contributed by atoms with E-state index in [9.17, 15) is 0 Å². The van der Waals surface area contributed by atoms with Gasteiger partial charge in [0.25, 0.3) is 0 Å². The summed E-state index contributed by atoms with van der Waals surface area (Å²) < 4.78 is 5.43. The smallest absolute Gasteiger partial charge is 0.0641 e. The first-order chi connectivity index (χ1) is 6.86. The zero-order valence-electron chi connectivity index (χ0n) is 8.70. The van der Waals surface area contributed by atoms with Gasteiger partial charge in [-0.15, -0.1) is 0 Å². The molecule has 1 aromatic rings. The van der Waals surface area contributed by atoms with Gasteiger partial charge in [-0.1, -0.05) is 17.7 Å². The van der Waals surface area contributed by atoms with Gasteiger partial charge in [-0.3, -0.25) is 0 Å². The lowest BCUT2D eigenvalue weighted by Crippen LogP contribution is -2.25. The number of aryl methyl sites for hydroxylation is 1. The lowest BCUT2D eigenvalue weighted by molar-refractivity contribution is 0.152. The number of hydrogen-bond acceptors (Lipinski definition) is 2. The van der Waals surface area contributed by atoms with Crippen LogP contribution < -0.4 is 4.90 Å². The molecule has 0 N–H and O–H groups in total. The van der Waals surface area contributed by atoms with Crippen LogP contribution in [0.25, 0.3) is 0 Å². The Balaban J connectivity index is 2.08. The van der Waals surface area contributed by atoms with Crippen molar-refractivity contribution in [1.29, 1.82) is 0 Å². The van der Waals surface area contributed by atoms with Gasteiger partial charge < -0.3 is 9.64 Å². The quantitative estimate of drug-likeness (QED) is 0.675. The van der Waals surface area contributed by atoms with Crippen LogP contribution >= 0.6 is 0 Å². The van der Waals surface area contributed by atoms with Gasteiger partial charge in [-0.05, 0) is 25.5 Å². The van der Waals surface area contributed by atoms with Crippen molar-refractivity contribution < 1.29 is 4.74 Å². The van der Waals surface area contributed by atoms with Crippen molar-refractivity contribution >= 4 is 5.69 Å². The number of ether oxygens (including phenoxy) is 1. The summed E-state index contributed by atoms with van der Waals surface area (Å²) in [5, 5.41) is 0. The lowest BCUT2D eigenvalue weighted by atomic mass is 10.2. The van der Waals surface area contributed by atoms with Crippen molar-refractivity contribution in [2.75, 3.05) is 31.2 Å². The summed E-state index contributed by atoms with van der Waals surface area (Å²) >= 11 is 0. The predicted octanol–water partition coefficient (Wildman–Crippen LogP) is 2.22. The van der Waals surface area contributed by atoms with Crippen LogP contribution in [0, 0.1) is 6.92 Å². The van der Waals surface area contributed by atoms with Crippen LogP contribution in [0.5, 0.6) is 0 Å². The fourth-order valence-electron chi connectivity index (χ4n) is 1.76. The van der Waals surface area contributed by atoms with E-state index < -0.39 is 0 Å². The van der Waals surface area contributed by atoms with Crippen molar-refractivity contribution in [3.8, 4) is 0 Å². The minimum atomic E-state index is 0.855. The highest BCUT2D eigenvalue weighted by molar-refractivity contribution is 5.47. The minimum absolute atomic E-state index is 0.855. The molecule has 1 heterocycles. The van der Waals surface area contributed by atoms with Crippen molar-refractivity contribution in [1.82, 2.24) is 0 Å². The Hall–Kier alpha value is -1.02. The Morgan fingerprint density at radius 2 is 1.86 bits per heavy atom. The second-order valence-corrected chi connectivity index (χ2v) is 3.79. The first-order valence-corrected chi connectivity index (χ1v) is 5.25. The van der Waals surface area contributed by atoms with Crippen molar-refractivity contribution in [2.24, 2.45) is 0 Å². The van der Waals surface area contributed by atoms with Gasteiger partial charge >= 0.3 is 0 Å². The Morgan fingerprint density at radius 3 is 2.64 bits per heavy atom. The van der Waals surface area contributed by atoms with E-state index in [0.717, 1.165) is 32.7 Å². The summed E-state index contributed by atoms with van der Waals surface area (Å²) in [4.78, 5) is 2.40. The maximum absolute atomic E-state index is 5.43. The standard InChI is InChI=1S/C12H17NO/c1-11-3-5-12(6-4-11)13-7-2-9-14-10-8-13/h3-6H,2,7-10H2,1H3. The topological polar surface area (TPSA) is 12.5 Å². The minimum Gasteiger partial charge on any atom is -0.380 e. The fraction of sp³-hybridized carbons (Fsp3) is 0.500. The molecule has 1 aliphatic rings. The van der Waals surface area contributed by atoms with Crippen LogP contribution in [0.1, 0.15) is 12.0 Å². The molecule has 76 valence electrons. The van der Waals surface area contributed by atoms with Crippen LogP contribution in [0.15, 0.2) is 24.3 Å². The molecule has 0 atom stereocenters. The number of nitrogens with zero attached hydrogens (tertiary/aromatic N) is 1. The normalized spacial score (nSPS) is 17.9. The predicted molar refractivity (Wildman–Crippen MR) is 58.8 cm³/mol. The highest BCUT2D eigenvalue weighted by Gasteiger charge is 2.08. The van der Waals surface area contributed by atoms with E-state index in [1.165, 1.54) is 11.3 Å². The first-order valence-electron chi connectivity index (χ1n) is 5.25. The first kappa shape index (κ1) is 9.53. The molecule has 0 aliphatic carbocycles. The molecule has 2 heteroatoms. The molecule has 0 spiro atoms. The van der Waals surface area contributed by atoms with E-state index in [0.29, 0.717) is 0 Å². The second kappa shape index (κ2) is 4.47. The summed E-state index contributed by atoms with van der Waals surface area (Å²) in [5.74, 6) is 0. The van der Waals surface area contributed by atoms with Crippen molar-refractivity contribution in [3.63, 3.8) is 0 Å². The molecule has 0 bridgehead atoms. The monoisotopic (exact) mass is 191 g/mol. The maximum atomic E-state index is 5.43. The molecule has 2 rings (SSSR count). The van der Waals surface area contributed by atoms with Gasteiger partial charge in [0.15, 0.2) is 0 Å². The van der Waals surface area contributed by atoms with Gasteiger partial charge in [0.05, 0.1) is 6.61 Å². The van der Waals surface area contributed by atoms with Gasteiger partial charge in [0, 0.05) is 25.4 Å². The van der Waals surface area contributed by atoms with E-state index in [2.05, 4.69) is 36.1 Å². The second-order valence-electron chi connectivity index (χ2n) is 3.79. The summed E-state index contributed by atoms with van der Waals surface area (Å²) in [7, 11) is 0.